The molecule has 7 nitrogen and oxygen atoms in total. The van der Waals surface area contributed by atoms with E-state index in [1.807, 2.05) is 41.9 Å². The van der Waals surface area contributed by atoms with Gasteiger partial charge in [-0.2, -0.15) is 5.26 Å². The molecule has 0 unspecified atom stereocenters. The molecule has 3 aromatic rings. The molecular formula is C25H23N5O2S. The summed E-state index contributed by atoms with van der Waals surface area (Å²) in [5.74, 6) is 0.444. The fourth-order valence-corrected chi connectivity index (χ4v) is 4.85. The number of thiophene rings is 1. The lowest BCUT2D eigenvalue weighted by Gasteiger charge is -2.31. The molecule has 166 valence electrons. The number of amides is 2. The Balaban J connectivity index is 1.42. The molecule has 1 aliphatic heterocycles. The van der Waals surface area contributed by atoms with Crippen LogP contribution in [0.1, 0.15) is 30.2 Å². The summed E-state index contributed by atoms with van der Waals surface area (Å²) in [6.45, 7) is 2.99. The third kappa shape index (κ3) is 4.32. The number of nitriles is 1. The van der Waals surface area contributed by atoms with E-state index in [0.29, 0.717) is 18.9 Å². The van der Waals surface area contributed by atoms with Crippen LogP contribution >= 0.6 is 11.3 Å². The lowest BCUT2D eigenvalue weighted by Crippen LogP contribution is -2.38. The Morgan fingerprint density at radius 2 is 2.21 bits per heavy atom. The number of fused-ring (bicyclic) bond motifs is 1. The zero-order valence-corrected chi connectivity index (χ0v) is 19.0. The van der Waals surface area contributed by atoms with Crippen molar-refractivity contribution in [2.45, 2.75) is 19.8 Å². The third-order valence-corrected chi connectivity index (χ3v) is 6.88. The van der Waals surface area contributed by atoms with E-state index in [1.54, 1.807) is 11.0 Å². The quantitative estimate of drug-likeness (QED) is 0.437. The highest BCUT2D eigenvalue weighted by Gasteiger charge is 2.31. The second-order valence-corrected chi connectivity index (χ2v) is 9.49. The Kier molecular flexibility index (Phi) is 5.56. The number of nitrogens with one attached hydrogen (secondary N) is 2. The second-order valence-electron chi connectivity index (χ2n) is 8.51. The molecule has 0 aromatic carbocycles. The summed E-state index contributed by atoms with van der Waals surface area (Å²) < 4.78 is 0. The van der Waals surface area contributed by atoms with E-state index in [2.05, 4.69) is 28.3 Å². The van der Waals surface area contributed by atoms with E-state index in [4.69, 9.17) is 0 Å². The molecule has 33 heavy (non-hydrogen) atoms. The van der Waals surface area contributed by atoms with E-state index in [-0.39, 0.29) is 29.2 Å². The number of rotatable bonds is 5. The maximum Gasteiger partial charge on any atom is 0.264 e. The number of hydrogen-bond donors (Lipinski definition) is 2. The van der Waals surface area contributed by atoms with Crippen molar-refractivity contribution in [1.29, 1.82) is 5.26 Å². The molecule has 3 aromatic heterocycles. The minimum absolute atomic E-state index is 0.0170. The van der Waals surface area contributed by atoms with Crippen LogP contribution in [0.25, 0.3) is 22.7 Å². The van der Waals surface area contributed by atoms with Crippen molar-refractivity contribution in [3.05, 3.63) is 57.9 Å². The largest absolute Gasteiger partial charge is 0.346 e. The standard InChI is InChI=1S/C25H23N5O2S/c1-15-14-30(25(32)17(13-26)11-18-3-2-10-33-18)9-7-19(15)21-12-22(29-24(31)16-4-5-16)28-23-20(21)6-8-27-23/h2-3,6-8,10-12,15-16H,4-5,9,14H2,1H3,(H2,27,28,29,31)/b17-11-/t15-/m1/s1. The average Bonchev–Trinajstić information content (AvgIpc) is 3.34. The minimum atomic E-state index is -0.257. The fraction of sp³-hybridized carbons (Fsp3) is 0.280. The van der Waals surface area contributed by atoms with Gasteiger partial charge in [0.15, 0.2) is 0 Å². The number of carbonyl (C=O) groups is 2. The molecule has 0 spiro atoms. The van der Waals surface area contributed by atoms with Gasteiger partial charge in [-0.15, -0.1) is 11.3 Å². The number of pyridine rings is 1. The highest BCUT2D eigenvalue weighted by molar-refractivity contribution is 7.10. The molecule has 2 N–H and O–H groups in total. The summed E-state index contributed by atoms with van der Waals surface area (Å²) in [4.78, 5) is 35.6. The lowest BCUT2D eigenvalue weighted by molar-refractivity contribution is -0.126. The number of anilines is 1. The summed E-state index contributed by atoms with van der Waals surface area (Å²) >= 11 is 1.49. The van der Waals surface area contributed by atoms with Crippen molar-refractivity contribution in [3.8, 4) is 6.07 Å². The first kappa shape index (κ1) is 21.2. The van der Waals surface area contributed by atoms with Gasteiger partial charge < -0.3 is 15.2 Å². The third-order valence-electron chi connectivity index (χ3n) is 6.06. The summed E-state index contributed by atoms with van der Waals surface area (Å²) in [6, 6.07) is 9.74. The van der Waals surface area contributed by atoms with Crippen LogP contribution < -0.4 is 5.32 Å². The Hall–Kier alpha value is -3.70. The van der Waals surface area contributed by atoms with Crippen molar-refractivity contribution >= 4 is 51.7 Å². The SMILES string of the molecule is C[C@@H]1CN(C(=O)/C(C#N)=C\c2cccs2)CC=C1c1cc(NC(=O)C2CC2)nc2[nH]ccc12. The van der Waals surface area contributed by atoms with Crippen molar-refractivity contribution < 1.29 is 9.59 Å². The zero-order valence-electron chi connectivity index (χ0n) is 18.2. The van der Waals surface area contributed by atoms with Crippen LogP contribution in [0.15, 0.2) is 47.5 Å². The second kappa shape index (κ2) is 8.68. The summed E-state index contributed by atoms with van der Waals surface area (Å²) in [5, 5.41) is 15.4. The molecule has 5 rings (SSSR count). The van der Waals surface area contributed by atoms with Gasteiger partial charge in [0.1, 0.15) is 23.1 Å². The summed E-state index contributed by atoms with van der Waals surface area (Å²) in [5.41, 5.74) is 2.97. The van der Waals surface area contributed by atoms with Crippen LogP contribution in [-0.2, 0) is 9.59 Å². The van der Waals surface area contributed by atoms with Gasteiger partial charge in [-0.3, -0.25) is 9.59 Å². The van der Waals surface area contributed by atoms with Crippen molar-refractivity contribution in [3.63, 3.8) is 0 Å². The summed E-state index contributed by atoms with van der Waals surface area (Å²) in [7, 11) is 0. The first-order valence-corrected chi connectivity index (χ1v) is 11.9. The average molecular weight is 458 g/mol. The maximum atomic E-state index is 13.0. The smallest absolute Gasteiger partial charge is 0.264 e. The van der Waals surface area contributed by atoms with Crippen molar-refractivity contribution in [2.24, 2.45) is 11.8 Å². The van der Waals surface area contributed by atoms with E-state index >= 15 is 0 Å². The highest BCUT2D eigenvalue weighted by atomic mass is 32.1. The number of hydrogen-bond acceptors (Lipinski definition) is 5. The molecule has 0 bridgehead atoms. The van der Waals surface area contributed by atoms with Gasteiger partial charge in [0.2, 0.25) is 5.91 Å². The predicted molar refractivity (Wildman–Crippen MR) is 129 cm³/mol. The normalized spacial score (nSPS) is 18.7. The van der Waals surface area contributed by atoms with Crippen LogP contribution in [0.3, 0.4) is 0 Å². The number of aromatic amines is 1. The molecule has 0 saturated heterocycles. The minimum Gasteiger partial charge on any atom is -0.346 e. The van der Waals surface area contributed by atoms with E-state index in [0.717, 1.165) is 39.9 Å². The first-order chi connectivity index (χ1) is 16.0. The van der Waals surface area contributed by atoms with Crippen LogP contribution in [0.5, 0.6) is 0 Å². The molecule has 1 atom stereocenters. The highest BCUT2D eigenvalue weighted by Crippen LogP contribution is 2.35. The number of H-pyrrole nitrogens is 1. The molecule has 0 radical (unpaired) electrons. The summed E-state index contributed by atoms with van der Waals surface area (Å²) in [6.07, 6.45) is 7.40. The molecule has 1 saturated carbocycles. The van der Waals surface area contributed by atoms with E-state index in [1.165, 1.54) is 11.3 Å². The topological polar surface area (TPSA) is 102 Å². The van der Waals surface area contributed by atoms with Crippen LogP contribution in [0.4, 0.5) is 5.82 Å². The predicted octanol–water partition coefficient (Wildman–Crippen LogP) is 4.44. The van der Waals surface area contributed by atoms with E-state index < -0.39 is 0 Å². The van der Waals surface area contributed by atoms with Gasteiger partial charge in [0.05, 0.1) is 0 Å². The van der Waals surface area contributed by atoms with Crippen LogP contribution in [0, 0.1) is 23.2 Å². The van der Waals surface area contributed by atoms with Gasteiger partial charge in [0, 0.05) is 35.5 Å². The van der Waals surface area contributed by atoms with Crippen molar-refractivity contribution in [1.82, 2.24) is 14.9 Å². The monoisotopic (exact) mass is 457 g/mol. The number of nitrogens with zero attached hydrogens (tertiary/aromatic N) is 3. The molecule has 2 aliphatic rings. The zero-order chi connectivity index (χ0) is 22.9. The Labute approximate surface area is 195 Å². The Bertz CT molecular complexity index is 1320. The molecule has 1 fully saturated rings. The number of aromatic nitrogens is 2. The molecule has 4 heterocycles. The Morgan fingerprint density at radius 3 is 2.91 bits per heavy atom. The van der Waals surface area contributed by atoms with Gasteiger partial charge >= 0.3 is 0 Å². The van der Waals surface area contributed by atoms with E-state index in [9.17, 15) is 14.9 Å². The molecule has 2 amide bonds. The molecule has 8 heteroatoms. The van der Waals surface area contributed by atoms with Gasteiger partial charge in [-0.1, -0.05) is 19.1 Å². The van der Waals surface area contributed by atoms with Crippen LogP contribution in [0.2, 0.25) is 0 Å². The molecule has 1 aliphatic carbocycles. The maximum absolute atomic E-state index is 13.0. The van der Waals surface area contributed by atoms with Crippen molar-refractivity contribution in [2.75, 3.05) is 18.4 Å². The fourth-order valence-electron chi connectivity index (χ4n) is 4.20. The lowest BCUT2D eigenvalue weighted by atomic mass is 9.89. The van der Waals surface area contributed by atoms with Gasteiger partial charge in [-0.25, -0.2) is 4.98 Å². The molecular weight excluding hydrogens is 434 g/mol. The van der Waals surface area contributed by atoms with Crippen LogP contribution in [-0.4, -0.2) is 39.8 Å². The first-order valence-electron chi connectivity index (χ1n) is 11.0. The number of carbonyl (C=O) groups excluding carboxylic acids is 2. The van der Waals surface area contributed by atoms with Gasteiger partial charge in [-0.05, 0) is 59.6 Å². The Morgan fingerprint density at radius 1 is 1.36 bits per heavy atom. The van der Waals surface area contributed by atoms with Gasteiger partial charge in [0.25, 0.3) is 5.91 Å².